The third-order valence-electron chi connectivity index (χ3n) is 4.37. The van der Waals surface area contributed by atoms with E-state index in [2.05, 4.69) is 4.72 Å². The van der Waals surface area contributed by atoms with Crippen molar-refractivity contribution in [3.63, 3.8) is 0 Å². The molecular weight excluding hydrogens is 350 g/mol. The Morgan fingerprint density at radius 3 is 2.73 bits per heavy atom. The van der Waals surface area contributed by atoms with Crippen LogP contribution in [0.5, 0.6) is 0 Å². The monoisotopic (exact) mass is 377 g/mol. The van der Waals surface area contributed by atoms with Crippen LogP contribution in [0.15, 0.2) is 48.2 Å². The van der Waals surface area contributed by atoms with Crippen molar-refractivity contribution < 1.29 is 18.3 Å². The van der Waals surface area contributed by atoms with E-state index in [1.165, 1.54) is 0 Å². The van der Waals surface area contributed by atoms with Crippen LogP contribution in [-0.4, -0.2) is 25.2 Å². The van der Waals surface area contributed by atoms with Gasteiger partial charge in [-0.15, -0.1) is 0 Å². The molecule has 2 rings (SSSR count). The van der Waals surface area contributed by atoms with Crippen molar-refractivity contribution in [3.8, 4) is 0 Å². The molecule has 0 aliphatic heterocycles. The lowest BCUT2D eigenvalue weighted by Crippen LogP contribution is -2.26. The lowest BCUT2D eigenvalue weighted by Gasteiger charge is -2.08. The number of aryl methyl sites for hydroxylation is 2. The van der Waals surface area contributed by atoms with Gasteiger partial charge in [-0.3, -0.25) is 9.52 Å². The third-order valence-corrected chi connectivity index (χ3v) is 5.69. The van der Waals surface area contributed by atoms with Crippen molar-refractivity contribution in [3.05, 3.63) is 59.3 Å². The maximum atomic E-state index is 12.3. The normalized spacial score (nSPS) is 17.4. The standard InChI is InChI=1S/C20H27NO4S/c1-16-7-9-17(10-8-16)13-14-26(24,25)21-19-12-11-18(15-19)5-3-2-4-6-20(22)23/h3,5,7-10,15,18,21H,2,4,6,11-14H2,1H3,(H,22,23). The Bertz CT molecular complexity index is 764. The van der Waals surface area contributed by atoms with Gasteiger partial charge in [0.1, 0.15) is 0 Å². The lowest BCUT2D eigenvalue weighted by atomic mass is 10.1. The molecule has 0 spiro atoms. The summed E-state index contributed by atoms with van der Waals surface area (Å²) in [6.45, 7) is 2.01. The van der Waals surface area contributed by atoms with Crippen LogP contribution in [0.1, 0.15) is 43.2 Å². The van der Waals surface area contributed by atoms with Gasteiger partial charge in [0.05, 0.1) is 5.75 Å². The molecule has 0 heterocycles. The quantitative estimate of drug-likeness (QED) is 0.482. The van der Waals surface area contributed by atoms with Gasteiger partial charge in [0.25, 0.3) is 0 Å². The van der Waals surface area contributed by atoms with Gasteiger partial charge in [0.2, 0.25) is 10.0 Å². The number of benzene rings is 1. The Labute approximate surface area is 155 Å². The second-order valence-corrected chi connectivity index (χ2v) is 8.61. The van der Waals surface area contributed by atoms with E-state index in [1.54, 1.807) is 0 Å². The van der Waals surface area contributed by atoms with E-state index >= 15 is 0 Å². The molecule has 5 nitrogen and oxygen atoms in total. The second kappa shape index (κ2) is 9.57. The highest BCUT2D eigenvalue weighted by molar-refractivity contribution is 7.89. The number of carboxylic acid groups (broad SMARTS) is 1. The van der Waals surface area contributed by atoms with Crippen molar-refractivity contribution in [2.24, 2.45) is 5.92 Å². The van der Waals surface area contributed by atoms with Gasteiger partial charge in [0, 0.05) is 12.1 Å². The summed E-state index contributed by atoms with van der Waals surface area (Å²) in [6.07, 6.45) is 9.60. The summed E-state index contributed by atoms with van der Waals surface area (Å²) < 4.78 is 27.2. The average Bonchev–Trinajstić information content (AvgIpc) is 3.00. The maximum absolute atomic E-state index is 12.3. The number of carbonyl (C=O) groups is 1. The number of sulfonamides is 1. The van der Waals surface area contributed by atoms with E-state index in [9.17, 15) is 13.2 Å². The fraction of sp³-hybridized carbons (Fsp3) is 0.450. The molecule has 26 heavy (non-hydrogen) atoms. The first-order valence-corrected chi connectivity index (χ1v) is 10.6. The molecule has 1 unspecified atom stereocenters. The maximum Gasteiger partial charge on any atom is 0.303 e. The smallest absolute Gasteiger partial charge is 0.303 e. The second-order valence-electron chi connectivity index (χ2n) is 6.77. The number of hydrogen-bond acceptors (Lipinski definition) is 3. The fourth-order valence-electron chi connectivity index (χ4n) is 2.88. The van der Waals surface area contributed by atoms with Crippen LogP contribution in [0, 0.1) is 12.8 Å². The summed E-state index contributed by atoms with van der Waals surface area (Å²) in [4.78, 5) is 10.5. The van der Waals surface area contributed by atoms with E-state index in [-0.39, 0.29) is 18.1 Å². The number of aliphatic carboxylic acids is 1. The zero-order chi connectivity index (χ0) is 19.0. The molecule has 1 aliphatic rings. The number of rotatable bonds is 10. The third kappa shape index (κ3) is 7.44. The average molecular weight is 378 g/mol. The molecule has 1 aromatic rings. The van der Waals surface area contributed by atoms with Crippen molar-refractivity contribution in [1.29, 1.82) is 0 Å². The van der Waals surface area contributed by atoms with Crippen molar-refractivity contribution in [2.75, 3.05) is 5.75 Å². The summed E-state index contributed by atoms with van der Waals surface area (Å²) in [6, 6.07) is 7.90. The first kappa shape index (κ1) is 20.2. The van der Waals surface area contributed by atoms with E-state index in [1.807, 2.05) is 49.4 Å². The van der Waals surface area contributed by atoms with Gasteiger partial charge in [-0.25, -0.2) is 8.42 Å². The molecule has 1 aromatic carbocycles. The first-order valence-electron chi connectivity index (χ1n) is 8.99. The predicted molar refractivity (Wildman–Crippen MR) is 103 cm³/mol. The highest BCUT2D eigenvalue weighted by Crippen LogP contribution is 2.24. The lowest BCUT2D eigenvalue weighted by molar-refractivity contribution is -0.137. The Kier molecular flexibility index (Phi) is 7.45. The molecule has 0 bridgehead atoms. The fourth-order valence-corrected chi connectivity index (χ4v) is 4.06. The van der Waals surface area contributed by atoms with Gasteiger partial charge in [-0.05, 0) is 50.5 Å². The van der Waals surface area contributed by atoms with Crippen molar-refractivity contribution >= 4 is 16.0 Å². The minimum Gasteiger partial charge on any atom is -0.481 e. The molecule has 1 atom stereocenters. The van der Waals surface area contributed by atoms with E-state index in [4.69, 9.17) is 5.11 Å². The molecule has 1 aliphatic carbocycles. The SMILES string of the molecule is Cc1ccc(CCS(=O)(=O)NC2=CC(C=CCCCC(=O)O)CC2)cc1. The van der Waals surface area contributed by atoms with E-state index in [0.717, 1.165) is 29.7 Å². The molecule has 0 saturated carbocycles. The number of nitrogens with one attached hydrogen (secondary N) is 1. The van der Waals surface area contributed by atoms with Gasteiger partial charge in [-0.2, -0.15) is 0 Å². The zero-order valence-electron chi connectivity index (χ0n) is 15.1. The van der Waals surface area contributed by atoms with Gasteiger partial charge >= 0.3 is 5.97 Å². The number of unbranched alkanes of at least 4 members (excludes halogenated alkanes) is 1. The largest absolute Gasteiger partial charge is 0.481 e. The molecular formula is C20H27NO4S. The van der Waals surface area contributed by atoms with Crippen LogP contribution in [-0.2, 0) is 21.2 Å². The van der Waals surface area contributed by atoms with Crippen molar-refractivity contribution in [2.45, 2.75) is 45.4 Å². The topological polar surface area (TPSA) is 83.5 Å². The number of hydrogen-bond donors (Lipinski definition) is 2. The molecule has 142 valence electrons. The van der Waals surface area contributed by atoms with Gasteiger partial charge in [0.15, 0.2) is 0 Å². The first-order chi connectivity index (χ1) is 12.3. The van der Waals surface area contributed by atoms with Crippen LogP contribution >= 0.6 is 0 Å². The molecule has 0 radical (unpaired) electrons. The Balaban J connectivity index is 1.78. The van der Waals surface area contributed by atoms with Gasteiger partial charge in [-0.1, -0.05) is 48.1 Å². The van der Waals surface area contributed by atoms with E-state index in [0.29, 0.717) is 19.3 Å². The summed E-state index contributed by atoms with van der Waals surface area (Å²) in [5, 5.41) is 8.60. The minimum atomic E-state index is -3.34. The molecule has 0 saturated heterocycles. The molecule has 0 amide bonds. The minimum absolute atomic E-state index is 0.0725. The Morgan fingerprint density at radius 1 is 1.31 bits per heavy atom. The predicted octanol–water partition coefficient (Wildman–Crippen LogP) is 3.56. The Hall–Kier alpha value is -2.08. The van der Waals surface area contributed by atoms with Crippen LogP contribution in [0.25, 0.3) is 0 Å². The molecule has 6 heteroatoms. The van der Waals surface area contributed by atoms with Crippen LogP contribution in [0.2, 0.25) is 0 Å². The highest BCUT2D eigenvalue weighted by Gasteiger charge is 2.18. The Morgan fingerprint density at radius 2 is 2.04 bits per heavy atom. The van der Waals surface area contributed by atoms with Crippen molar-refractivity contribution in [1.82, 2.24) is 4.72 Å². The molecule has 0 fully saturated rings. The van der Waals surface area contributed by atoms with Crippen LogP contribution in [0.4, 0.5) is 0 Å². The zero-order valence-corrected chi connectivity index (χ0v) is 16.0. The van der Waals surface area contributed by atoms with Crippen LogP contribution in [0.3, 0.4) is 0 Å². The highest BCUT2D eigenvalue weighted by atomic mass is 32.2. The summed E-state index contributed by atoms with van der Waals surface area (Å²) in [7, 11) is -3.34. The number of carboxylic acids is 1. The van der Waals surface area contributed by atoms with Gasteiger partial charge < -0.3 is 5.11 Å². The summed E-state index contributed by atoms with van der Waals surface area (Å²) in [5.74, 6) is -0.487. The van der Waals surface area contributed by atoms with Crippen LogP contribution < -0.4 is 4.72 Å². The summed E-state index contributed by atoms with van der Waals surface area (Å²) in [5.41, 5.74) is 2.94. The molecule has 2 N–H and O–H groups in total. The summed E-state index contributed by atoms with van der Waals surface area (Å²) >= 11 is 0. The number of allylic oxidation sites excluding steroid dienone is 4. The van der Waals surface area contributed by atoms with E-state index < -0.39 is 16.0 Å². The molecule has 0 aromatic heterocycles.